The van der Waals surface area contributed by atoms with E-state index in [1.807, 2.05) is 0 Å². The second kappa shape index (κ2) is 9.99. The normalized spacial score (nSPS) is 18.4. The number of nitrogens with one attached hydrogen (secondary N) is 2. The van der Waals surface area contributed by atoms with Crippen LogP contribution in [0.25, 0.3) is 0 Å². The van der Waals surface area contributed by atoms with Crippen molar-refractivity contribution in [2.75, 3.05) is 19.6 Å². The molecule has 0 spiro atoms. The lowest BCUT2D eigenvalue weighted by molar-refractivity contribution is 0.158. The van der Waals surface area contributed by atoms with E-state index < -0.39 is 0 Å². The molecular weight excluding hydrogens is 373 g/mol. The van der Waals surface area contributed by atoms with Crippen molar-refractivity contribution in [2.24, 2.45) is 0 Å². The van der Waals surface area contributed by atoms with E-state index >= 15 is 0 Å². The van der Waals surface area contributed by atoms with Gasteiger partial charge in [0, 0.05) is 23.6 Å². The van der Waals surface area contributed by atoms with E-state index in [1.54, 1.807) is 6.07 Å². The summed E-state index contributed by atoms with van der Waals surface area (Å²) in [4.78, 5) is 14.3. The van der Waals surface area contributed by atoms with E-state index in [2.05, 4.69) is 38.4 Å². The van der Waals surface area contributed by atoms with Crippen molar-refractivity contribution in [1.82, 2.24) is 15.5 Å². The summed E-state index contributed by atoms with van der Waals surface area (Å²) < 4.78 is 13.7. The highest BCUT2D eigenvalue weighted by Crippen LogP contribution is 2.18. The number of nitrogens with zero attached hydrogens (tertiary/aromatic N) is 1. The van der Waals surface area contributed by atoms with Crippen LogP contribution < -0.4 is 10.6 Å². The van der Waals surface area contributed by atoms with Crippen LogP contribution in [0.15, 0.2) is 22.7 Å². The van der Waals surface area contributed by atoms with Crippen LogP contribution in [0, 0.1) is 5.82 Å². The quantitative estimate of drug-likeness (QED) is 0.679. The molecule has 0 aliphatic carbocycles. The minimum atomic E-state index is -0.293. The standard InChI is InChI=1S/C18H27BrFN3O/c1-14-6-2-4-10-23(14)11-5-3-9-21-18(24)22-13-15-7-8-16(20)12-17(15)19/h7-8,12,14H,2-6,9-11,13H2,1H3,(H2,21,22,24). The first-order valence-electron chi connectivity index (χ1n) is 8.76. The third-order valence-corrected chi connectivity index (χ3v) is 5.29. The SMILES string of the molecule is CC1CCCCN1CCCCNC(=O)NCc1ccc(F)cc1Br. The third kappa shape index (κ3) is 6.40. The first-order chi connectivity index (χ1) is 11.6. The van der Waals surface area contributed by atoms with Gasteiger partial charge >= 0.3 is 6.03 Å². The average Bonchev–Trinajstić information content (AvgIpc) is 2.55. The zero-order valence-corrected chi connectivity index (χ0v) is 15.9. The molecule has 1 fully saturated rings. The summed E-state index contributed by atoms with van der Waals surface area (Å²) in [5, 5.41) is 5.67. The Morgan fingerprint density at radius 2 is 2.17 bits per heavy atom. The summed E-state index contributed by atoms with van der Waals surface area (Å²) in [5.74, 6) is -0.293. The Morgan fingerprint density at radius 1 is 1.33 bits per heavy atom. The average molecular weight is 400 g/mol. The molecule has 0 bridgehead atoms. The summed E-state index contributed by atoms with van der Waals surface area (Å²) in [7, 11) is 0. The van der Waals surface area contributed by atoms with Crippen LogP contribution in [0.5, 0.6) is 0 Å². The minimum Gasteiger partial charge on any atom is -0.338 e. The van der Waals surface area contributed by atoms with Gasteiger partial charge in [-0.2, -0.15) is 0 Å². The zero-order chi connectivity index (χ0) is 17.4. The van der Waals surface area contributed by atoms with Crippen molar-refractivity contribution in [3.63, 3.8) is 0 Å². The Hall–Kier alpha value is -1.14. The van der Waals surface area contributed by atoms with Crippen molar-refractivity contribution < 1.29 is 9.18 Å². The second-order valence-corrected chi connectivity index (χ2v) is 7.29. The van der Waals surface area contributed by atoms with Crippen molar-refractivity contribution in [2.45, 2.75) is 51.6 Å². The van der Waals surface area contributed by atoms with Gasteiger partial charge in [-0.25, -0.2) is 9.18 Å². The fourth-order valence-electron chi connectivity index (χ4n) is 3.03. The maximum absolute atomic E-state index is 13.0. The topological polar surface area (TPSA) is 44.4 Å². The molecule has 1 aromatic carbocycles. The number of hydrogen-bond acceptors (Lipinski definition) is 2. The van der Waals surface area contributed by atoms with E-state index in [1.165, 1.54) is 37.9 Å². The van der Waals surface area contributed by atoms with E-state index in [-0.39, 0.29) is 11.8 Å². The van der Waals surface area contributed by atoms with Crippen LogP contribution in [0.2, 0.25) is 0 Å². The van der Waals surface area contributed by atoms with Crippen molar-refractivity contribution >= 4 is 22.0 Å². The maximum Gasteiger partial charge on any atom is 0.315 e. The molecular formula is C18H27BrFN3O. The highest BCUT2D eigenvalue weighted by atomic mass is 79.9. The van der Waals surface area contributed by atoms with Crippen LogP contribution in [0.1, 0.15) is 44.6 Å². The number of rotatable bonds is 7. The minimum absolute atomic E-state index is 0.183. The maximum atomic E-state index is 13.0. The number of hydrogen-bond donors (Lipinski definition) is 2. The monoisotopic (exact) mass is 399 g/mol. The van der Waals surface area contributed by atoms with Gasteiger partial charge in [0.05, 0.1) is 0 Å². The van der Waals surface area contributed by atoms with E-state index in [4.69, 9.17) is 0 Å². The second-order valence-electron chi connectivity index (χ2n) is 6.43. The number of likely N-dealkylation sites (tertiary alicyclic amines) is 1. The lowest BCUT2D eigenvalue weighted by Gasteiger charge is -2.33. The Kier molecular flexibility index (Phi) is 7.99. The fourth-order valence-corrected chi connectivity index (χ4v) is 3.53. The molecule has 0 radical (unpaired) electrons. The number of benzene rings is 1. The molecule has 134 valence electrons. The zero-order valence-electron chi connectivity index (χ0n) is 14.3. The molecule has 2 amide bonds. The predicted molar refractivity (Wildman–Crippen MR) is 98.5 cm³/mol. The molecule has 1 heterocycles. The Morgan fingerprint density at radius 3 is 2.92 bits per heavy atom. The molecule has 1 unspecified atom stereocenters. The molecule has 4 nitrogen and oxygen atoms in total. The number of carbonyl (C=O) groups excluding carboxylic acids is 1. The molecule has 6 heteroatoms. The van der Waals surface area contributed by atoms with Gasteiger partial charge in [0.25, 0.3) is 0 Å². The Labute approximate surface area is 152 Å². The summed E-state index contributed by atoms with van der Waals surface area (Å²) in [6.07, 6.45) is 6.05. The van der Waals surface area contributed by atoms with Gasteiger partial charge in [0.15, 0.2) is 0 Å². The van der Waals surface area contributed by atoms with Crippen molar-refractivity contribution in [3.8, 4) is 0 Å². The van der Waals surface area contributed by atoms with Gasteiger partial charge in [-0.05, 0) is 63.4 Å². The lowest BCUT2D eigenvalue weighted by Crippen LogP contribution is -2.38. The van der Waals surface area contributed by atoms with Gasteiger partial charge in [0.2, 0.25) is 0 Å². The molecule has 2 rings (SSSR count). The van der Waals surface area contributed by atoms with Gasteiger partial charge in [0.1, 0.15) is 5.82 Å². The number of halogens is 2. The number of unbranched alkanes of at least 4 members (excludes halogenated alkanes) is 1. The van der Waals surface area contributed by atoms with Gasteiger partial charge in [-0.15, -0.1) is 0 Å². The summed E-state index contributed by atoms with van der Waals surface area (Å²) in [6, 6.07) is 4.97. The highest BCUT2D eigenvalue weighted by molar-refractivity contribution is 9.10. The molecule has 24 heavy (non-hydrogen) atoms. The van der Waals surface area contributed by atoms with Gasteiger partial charge in [-0.3, -0.25) is 0 Å². The lowest BCUT2D eigenvalue weighted by atomic mass is 10.0. The van der Waals surface area contributed by atoms with E-state index in [9.17, 15) is 9.18 Å². The largest absolute Gasteiger partial charge is 0.338 e. The molecule has 0 aromatic heterocycles. The number of urea groups is 1. The van der Waals surface area contributed by atoms with E-state index in [0.717, 1.165) is 24.9 Å². The Balaban J connectivity index is 1.56. The molecule has 1 saturated heterocycles. The molecule has 1 aromatic rings. The summed E-state index contributed by atoms with van der Waals surface area (Å²) in [5.41, 5.74) is 0.852. The molecule has 1 atom stereocenters. The number of carbonyl (C=O) groups is 1. The van der Waals surface area contributed by atoms with Crippen LogP contribution in [0.4, 0.5) is 9.18 Å². The molecule has 1 aliphatic heterocycles. The highest BCUT2D eigenvalue weighted by Gasteiger charge is 2.16. The van der Waals surface area contributed by atoms with Gasteiger partial charge in [-0.1, -0.05) is 28.4 Å². The number of amides is 2. The van der Waals surface area contributed by atoms with Crippen molar-refractivity contribution in [1.29, 1.82) is 0 Å². The van der Waals surface area contributed by atoms with Crippen LogP contribution in [-0.2, 0) is 6.54 Å². The molecule has 2 N–H and O–H groups in total. The smallest absolute Gasteiger partial charge is 0.315 e. The van der Waals surface area contributed by atoms with Crippen LogP contribution >= 0.6 is 15.9 Å². The molecule has 1 aliphatic rings. The van der Waals surface area contributed by atoms with Crippen molar-refractivity contribution in [3.05, 3.63) is 34.1 Å². The number of piperidine rings is 1. The summed E-state index contributed by atoms with van der Waals surface area (Å²) in [6.45, 7) is 5.68. The molecule has 0 saturated carbocycles. The van der Waals surface area contributed by atoms with Crippen LogP contribution in [-0.4, -0.2) is 36.6 Å². The van der Waals surface area contributed by atoms with E-state index in [0.29, 0.717) is 23.6 Å². The first kappa shape index (κ1) is 19.2. The Bertz CT molecular complexity index is 541. The third-order valence-electron chi connectivity index (χ3n) is 4.55. The predicted octanol–water partition coefficient (Wildman–Crippen LogP) is 4.04. The van der Waals surface area contributed by atoms with Gasteiger partial charge < -0.3 is 15.5 Å². The first-order valence-corrected chi connectivity index (χ1v) is 9.55. The fraction of sp³-hybridized carbons (Fsp3) is 0.611. The summed E-state index contributed by atoms with van der Waals surface area (Å²) >= 11 is 3.30. The van der Waals surface area contributed by atoms with Crippen LogP contribution in [0.3, 0.4) is 0 Å².